The molecule has 0 atom stereocenters. The van der Waals surface area contributed by atoms with Gasteiger partial charge in [0.05, 0.1) is 0 Å². The maximum Gasteiger partial charge on any atom is 0.314 e. The van der Waals surface area contributed by atoms with Crippen LogP contribution in [0.5, 0.6) is 0 Å². The van der Waals surface area contributed by atoms with Crippen LogP contribution in [-0.4, -0.2) is 42.3 Å². The third-order valence-electron chi connectivity index (χ3n) is 2.69. The van der Waals surface area contributed by atoms with Crippen molar-refractivity contribution >= 4 is 42.3 Å². The van der Waals surface area contributed by atoms with Gasteiger partial charge in [-0.15, -0.1) is 6.58 Å². The molecule has 0 heterocycles. The van der Waals surface area contributed by atoms with Gasteiger partial charge in [-0.3, -0.25) is 0 Å². The Labute approximate surface area is 149 Å². The summed E-state index contributed by atoms with van der Waals surface area (Å²) in [5.41, 5.74) is 0. The summed E-state index contributed by atoms with van der Waals surface area (Å²) in [6.45, 7) is 27.6. The Kier molecular flexibility index (Phi) is 8.14. The van der Waals surface area contributed by atoms with Crippen molar-refractivity contribution in [2.75, 3.05) is 0 Å². The van der Waals surface area contributed by atoms with E-state index in [0.29, 0.717) is 0 Å². The Balaban J connectivity index is 4.92. The molecule has 138 valence electrons. The van der Waals surface area contributed by atoms with Crippen LogP contribution >= 0.6 is 0 Å². The minimum absolute atomic E-state index is 0.939. The number of allylic oxidation sites excluding steroid dienone is 1. The molecule has 0 N–H and O–H groups in total. The molecule has 0 aromatic rings. The molecular weight excluding hydrogens is 373 g/mol. The van der Waals surface area contributed by atoms with Gasteiger partial charge in [0.2, 0.25) is 0 Å². The summed E-state index contributed by atoms with van der Waals surface area (Å²) in [6.07, 6.45) is 1.95. The predicted molar refractivity (Wildman–Crippen MR) is 113 cm³/mol. The van der Waals surface area contributed by atoms with Crippen LogP contribution in [0.4, 0.5) is 0 Å². The van der Waals surface area contributed by atoms with Crippen LogP contribution in [0.15, 0.2) is 12.7 Å². The van der Waals surface area contributed by atoms with Crippen molar-refractivity contribution in [2.24, 2.45) is 0 Å². The zero-order chi connectivity index (χ0) is 18.7. The van der Waals surface area contributed by atoms with Crippen LogP contribution in [0, 0.1) is 0 Å². The lowest BCUT2D eigenvalue weighted by atomic mass is 10.8. The molecule has 0 amide bonds. The highest BCUT2D eigenvalue weighted by Gasteiger charge is 2.44. The zero-order valence-corrected chi connectivity index (χ0v) is 22.1. The summed E-state index contributed by atoms with van der Waals surface area (Å²) >= 11 is 0. The third-order valence-corrected chi connectivity index (χ3v) is 20.4. The average molecular weight is 411 g/mol. The molecule has 0 aromatic heterocycles. The first-order valence-electron chi connectivity index (χ1n) is 8.30. The minimum atomic E-state index is -2.30. The Morgan fingerprint density at radius 3 is 1.30 bits per heavy atom. The largest absolute Gasteiger partial charge is 0.437 e. The van der Waals surface area contributed by atoms with Gasteiger partial charge in [0, 0.05) is 0 Å². The molecule has 0 bridgehead atoms. The average Bonchev–Trinajstić information content (AvgIpc) is 2.03. The highest BCUT2D eigenvalue weighted by molar-refractivity contribution is 6.90. The van der Waals surface area contributed by atoms with Gasteiger partial charge in [0.25, 0.3) is 0 Å². The lowest BCUT2D eigenvalue weighted by Gasteiger charge is -2.41. The first-order chi connectivity index (χ1) is 9.89. The van der Waals surface area contributed by atoms with Crippen LogP contribution in [0.25, 0.3) is 0 Å². The van der Waals surface area contributed by atoms with Crippen LogP contribution < -0.4 is 0 Å². The standard InChI is InChI=1S/C14H38O4Si5/c1-13-14-20(5,6)16-22(9,10)18-23(11,12)17-21(7,8)15-19(2,3)4/h13H,1,14H2,2-12H3. The van der Waals surface area contributed by atoms with E-state index in [0.717, 1.165) is 6.04 Å². The molecule has 9 heteroatoms. The fourth-order valence-electron chi connectivity index (χ4n) is 3.04. The fourth-order valence-corrected chi connectivity index (χ4v) is 26.4. The van der Waals surface area contributed by atoms with Crippen molar-refractivity contribution < 1.29 is 16.5 Å². The molecule has 0 fully saturated rings. The Bertz CT molecular complexity index is 402. The number of hydrogen-bond acceptors (Lipinski definition) is 4. The summed E-state index contributed by atoms with van der Waals surface area (Å²) in [7, 11) is -10.1. The Morgan fingerprint density at radius 2 is 0.957 bits per heavy atom. The van der Waals surface area contributed by atoms with Crippen molar-refractivity contribution in [1.82, 2.24) is 0 Å². The van der Waals surface area contributed by atoms with E-state index in [1.807, 2.05) is 6.08 Å². The molecule has 0 spiro atoms. The molecule has 23 heavy (non-hydrogen) atoms. The second-order valence-electron chi connectivity index (χ2n) is 8.97. The fraction of sp³-hybridized carbons (Fsp3) is 0.857. The molecule has 0 saturated carbocycles. The first kappa shape index (κ1) is 23.7. The highest BCUT2D eigenvalue weighted by atomic mass is 28.5. The summed E-state index contributed by atoms with van der Waals surface area (Å²) in [4.78, 5) is 0. The van der Waals surface area contributed by atoms with E-state index in [4.69, 9.17) is 16.5 Å². The summed E-state index contributed by atoms with van der Waals surface area (Å²) in [6, 6.07) is 0.939. The molecular formula is C14H38O4Si5. The van der Waals surface area contributed by atoms with Crippen molar-refractivity contribution in [1.29, 1.82) is 0 Å². The molecule has 0 unspecified atom stereocenters. The van der Waals surface area contributed by atoms with Gasteiger partial charge < -0.3 is 16.5 Å². The lowest BCUT2D eigenvalue weighted by Crippen LogP contribution is -2.58. The molecule has 4 nitrogen and oxygen atoms in total. The second-order valence-corrected chi connectivity index (χ2v) is 28.8. The SMILES string of the molecule is C=CC[Si](C)(C)O[Si](C)(C)O[Si](C)(C)O[Si](C)(C)O[Si](C)(C)C. The topological polar surface area (TPSA) is 36.9 Å². The van der Waals surface area contributed by atoms with Gasteiger partial charge in [-0.2, -0.15) is 0 Å². The van der Waals surface area contributed by atoms with E-state index in [-0.39, 0.29) is 0 Å². The van der Waals surface area contributed by atoms with Crippen LogP contribution in [0.3, 0.4) is 0 Å². The molecule has 0 radical (unpaired) electrons. The summed E-state index contributed by atoms with van der Waals surface area (Å²) in [5.74, 6) is 0. The van der Waals surface area contributed by atoms with Crippen molar-refractivity contribution in [3.63, 3.8) is 0 Å². The van der Waals surface area contributed by atoms with Crippen LogP contribution in [0.2, 0.25) is 78.1 Å². The maximum atomic E-state index is 6.46. The third kappa shape index (κ3) is 11.8. The quantitative estimate of drug-likeness (QED) is 0.357. The molecule has 0 aliphatic carbocycles. The van der Waals surface area contributed by atoms with E-state index < -0.39 is 42.3 Å². The van der Waals surface area contributed by atoms with Crippen molar-refractivity contribution in [3.8, 4) is 0 Å². The maximum absolute atomic E-state index is 6.46. The van der Waals surface area contributed by atoms with Gasteiger partial charge in [-0.1, -0.05) is 6.08 Å². The summed E-state index contributed by atoms with van der Waals surface area (Å²) < 4.78 is 25.6. The molecule has 0 aliphatic rings. The van der Waals surface area contributed by atoms with Crippen LogP contribution in [0.1, 0.15) is 0 Å². The zero-order valence-electron chi connectivity index (χ0n) is 17.1. The minimum Gasteiger partial charge on any atom is -0.437 e. The van der Waals surface area contributed by atoms with Crippen LogP contribution in [-0.2, 0) is 16.5 Å². The molecule has 0 rings (SSSR count). The predicted octanol–water partition coefficient (Wildman–Crippen LogP) is 5.38. The van der Waals surface area contributed by atoms with Crippen molar-refractivity contribution in [3.05, 3.63) is 12.7 Å². The van der Waals surface area contributed by atoms with Gasteiger partial charge in [-0.05, 0) is 78.1 Å². The Morgan fingerprint density at radius 1 is 0.609 bits per heavy atom. The van der Waals surface area contributed by atoms with Gasteiger partial charge in [0.15, 0.2) is 16.6 Å². The van der Waals surface area contributed by atoms with E-state index in [9.17, 15) is 0 Å². The smallest absolute Gasteiger partial charge is 0.314 e. The highest BCUT2D eigenvalue weighted by Crippen LogP contribution is 2.26. The second kappa shape index (κ2) is 7.91. The first-order valence-corrected chi connectivity index (χ1v) is 23.3. The Hall–Kier alpha value is 0.664. The normalized spacial score (nSPS) is 14.9. The monoisotopic (exact) mass is 410 g/mol. The number of hydrogen-bond donors (Lipinski definition) is 0. The number of rotatable bonds is 10. The van der Waals surface area contributed by atoms with Gasteiger partial charge in [0.1, 0.15) is 0 Å². The van der Waals surface area contributed by atoms with Gasteiger partial charge in [-0.25, -0.2) is 0 Å². The van der Waals surface area contributed by atoms with E-state index in [1.165, 1.54) is 0 Å². The lowest BCUT2D eigenvalue weighted by molar-refractivity contribution is 0.299. The molecule has 0 aromatic carbocycles. The van der Waals surface area contributed by atoms with Crippen molar-refractivity contribution in [2.45, 2.75) is 78.1 Å². The van der Waals surface area contributed by atoms with Gasteiger partial charge >= 0.3 is 25.7 Å². The molecule has 0 aliphatic heterocycles. The van der Waals surface area contributed by atoms with E-state index in [2.05, 4.69) is 78.6 Å². The van der Waals surface area contributed by atoms with E-state index >= 15 is 0 Å². The molecule has 0 saturated heterocycles. The summed E-state index contributed by atoms with van der Waals surface area (Å²) in [5, 5.41) is 0. The van der Waals surface area contributed by atoms with E-state index in [1.54, 1.807) is 0 Å².